The van der Waals surface area contributed by atoms with Gasteiger partial charge >= 0.3 is 0 Å². The average molecular weight is 321 g/mol. The summed E-state index contributed by atoms with van der Waals surface area (Å²) in [6.07, 6.45) is 4.12. The fourth-order valence-corrected chi connectivity index (χ4v) is 2.70. The van der Waals surface area contributed by atoms with Gasteiger partial charge in [0.1, 0.15) is 22.2 Å². The highest BCUT2D eigenvalue weighted by molar-refractivity contribution is 7.13. The lowest BCUT2D eigenvalue weighted by atomic mass is 10.3. The average Bonchev–Trinajstić information content (AvgIpc) is 2.91. The summed E-state index contributed by atoms with van der Waals surface area (Å²) in [7, 11) is 1.64. The Kier molecular flexibility index (Phi) is 6.29. The van der Waals surface area contributed by atoms with Crippen LogP contribution in [0.25, 0.3) is 0 Å². The molecule has 1 amide bonds. The van der Waals surface area contributed by atoms with Crippen LogP contribution in [0.4, 0.5) is 0 Å². The topological polar surface area (TPSA) is 73.3 Å². The Labute approximate surface area is 133 Å². The van der Waals surface area contributed by atoms with E-state index in [1.54, 1.807) is 25.6 Å². The highest BCUT2D eigenvalue weighted by atomic mass is 32.1. The first-order chi connectivity index (χ1) is 10.7. The van der Waals surface area contributed by atoms with Gasteiger partial charge in [0.2, 0.25) is 0 Å². The number of amides is 1. The highest BCUT2D eigenvalue weighted by Gasteiger charge is 2.15. The van der Waals surface area contributed by atoms with E-state index in [2.05, 4.69) is 15.3 Å². The maximum absolute atomic E-state index is 12.1. The second-order valence-electron chi connectivity index (χ2n) is 4.60. The first kappa shape index (κ1) is 16.4. The molecule has 2 heterocycles. The highest BCUT2D eigenvalue weighted by Crippen LogP contribution is 2.19. The van der Waals surface area contributed by atoms with Crippen molar-refractivity contribution < 1.29 is 14.3 Å². The Hall–Kier alpha value is -1.99. The van der Waals surface area contributed by atoms with Gasteiger partial charge in [0.25, 0.3) is 5.91 Å². The van der Waals surface area contributed by atoms with Gasteiger partial charge in [-0.15, -0.1) is 11.3 Å². The number of pyridine rings is 1. The number of methoxy groups -OCH3 is 1. The molecule has 0 aromatic carbocycles. The van der Waals surface area contributed by atoms with Crippen LogP contribution < -0.4 is 10.1 Å². The van der Waals surface area contributed by atoms with Gasteiger partial charge in [-0.2, -0.15) is 0 Å². The van der Waals surface area contributed by atoms with Crippen molar-refractivity contribution in [3.05, 3.63) is 40.1 Å². The van der Waals surface area contributed by atoms with Gasteiger partial charge in [0, 0.05) is 26.5 Å². The van der Waals surface area contributed by atoms with Crippen LogP contribution in [0.1, 0.15) is 26.8 Å². The number of carbonyl (C=O) groups excluding carboxylic acids is 1. The molecule has 0 spiro atoms. The number of ether oxygens (including phenoxy) is 2. The zero-order valence-corrected chi connectivity index (χ0v) is 13.5. The molecule has 6 nitrogen and oxygen atoms in total. The molecule has 0 bridgehead atoms. The van der Waals surface area contributed by atoms with Crippen LogP contribution in [0.15, 0.2) is 24.5 Å². The molecule has 0 aliphatic carbocycles. The quantitative estimate of drug-likeness (QED) is 0.755. The minimum Gasteiger partial charge on any atom is -0.485 e. The summed E-state index contributed by atoms with van der Waals surface area (Å²) in [5.41, 5.74) is 0.721. The molecule has 0 aliphatic heterocycles. The zero-order valence-electron chi connectivity index (χ0n) is 12.7. The normalized spacial score (nSPS) is 10.5. The van der Waals surface area contributed by atoms with Crippen LogP contribution in [0.3, 0.4) is 0 Å². The fraction of sp³-hybridized carbons (Fsp3) is 0.400. The van der Waals surface area contributed by atoms with Crippen molar-refractivity contribution in [2.45, 2.75) is 20.0 Å². The Balaban J connectivity index is 1.88. The van der Waals surface area contributed by atoms with Gasteiger partial charge in [0.15, 0.2) is 0 Å². The van der Waals surface area contributed by atoms with Crippen molar-refractivity contribution in [1.82, 2.24) is 15.3 Å². The summed E-state index contributed by atoms with van der Waals surface area (Å²) >= 11 is 1.35. The van der Waals surface area contributed by atoms with E-state index in [9.17, 15) is 4.79 Å². The molecule has 0 fully saturated rings. The Bertz CT molecular complexity index is 601. The number of nitrogens with zero attached hydrogens (tertiary/aromatic N) is 2. The zero-order chi connectivity index (χ0) is 15.8. The SMILES string of the molecule is COCCCNC(=O)c1sc(COc2cccnc2)nc1C. The third-order valence-electron chi connectivity index (χ3n) is 2.85. The van der Waals surface area contributed by atoms with Crippen LogP contribution >= 0.6 is 11.3 Å². The molecule has 2 rings (SSSR count). The molecule has 0 saturated heterocycles. The summed E-state index contributed by atoms with van der Waals surface area (Å²) < 4.78 is 10.5. The molecule has 1 N–H and O–H groups in total. The molecule has 0 unspecified atom stereocenters. The van der Waals surface area contributed by atoms with Gasteiger partial charge in [-0.1, -0.05) is 0 Å². The first-order valence-corrected chi connectivity index (χ1v) is 7.78. The fourth-order valence-electron chi connectivity index (χ4n) is 1.80. The molecular weight excluding hydrogens is 302 g/mol. The minimum atomic E-state index is -0.0984. The van der Waals surface area contributed by atoms with Crippen molar-refractivity contribution in [2.75, 3.05) is 20.3 Å². The summed E-state index contributed by atoms with van der Waals surface area (Å²) in [5, 5.41) is 3.63. The molecule has 0 radical (unpaired) electrons. The van der Waals surface area contributed by atoms with Gasteiger partial charge in [-0.05, 0) is 25.5 Å². The lowest BCUT2D eigenvalue weighted by Gasteiger charge is -2.03. The van der Waals surface area contributed by atoms with Crippen LogP contribution in [-0.2, 0) is 11.3 Å². The number of thiazole rings is 1. The Morgan fingerprint density at radius 2 is 2.32 bits per heavy atom. The monoisotopic (exact) mass is 321 g/mol. The van der Waals surface area contributed by atoms with E-state index in [0.717, 1.165) is 17.1 Å². The molecule has 2 aromatic rings. The van der Waals surface area contributed by atoms with Gasteiger partial charge in [-0.25, -0.2) is 4.98 Å². The van der Waals surface area contributed by atoms with Gasteiger partial charge < -0.3 is 14.8 Å². The molecule has 7 heteroatoms. The third-order valence-corrected chi connectivity index (χ3v) is 3.98. The van der Waals surface area contributed by atoms with Crippen molar-refractivity contribution in [3.8, 4) is 5.75 Å². The number of nitrogens with one attached hydrogen (secondary N) is 1. The summed E-state index contributed by atoms with van der Waals surface area (Å²) in [5.74, 6) is 0.583. The molecule has 0 aliphatic rings. The van der Waals surface area contributed by atoms with Gasteiger partial charge in [-0.3, -0.25) is 9.78 Å². The molecule has 0 saturated carbocycles. The maximum atomic E-state index is 12.1. The molecule has 22 heavy (non-hydrogen) atoms. The number of hydrogen-bond acceptors (Lipinski definition) is 6. The van der Waals surface area contributed by atoms with Crippen molar-refractivity contribution >= 4 is 17.2 Å². The van der Waals surface area contributed by atoms with Crippen LogP contribution in [0.2, 0.25) is 0 Å². The van der Waals surface area contributed by atoms with Crippen molar-refractivity contribution in [3.63, 3.8) is 0 Å². The Morgan fingerprint density at radius 1 is 1.45 bits per heavy atom. The standard InChI is InChI=1S/C15H19N3O3S/c1-11-14(15(19)17-7-4-8-20-2)22-13(18-11)10-21-12-5-3-6-16-9-12/h3,5-6,9H,4,7-8,10H2,1-2H3,(H,17,19). The summed E-state index contributed by atoms with van der Waals surface area (Å²) in [6.45, 7) is 3.37. The number of carbonyl (C=O) groups is 1. The van der Waals surface area contributed by atoms with Crippen LogP contribution in [0, 0.1) is 6.92 Å². The second-order valence-corrected chi connectivity index (χ2v) is 5.69. The number of aryl methyl sites for hydroxylation is 1. The lowest BCUT2D eigenvalue weighted by Crippen LogP contribution is -2.24. The summed E-state index contributed by atoms with van der Waals surface area (Å²) in [4.78, 5) is 21.1. The van der Waals surface area contributed by atoms with E-state index >= 15 is 0 Å². The van der Waals surface area contributed by atoms with Gasteiger partial charge in [0.05, 0.1) is 11.9 Å². The minimum absolute atomic E-state index is 0.0984. The smallest absolute Gasteiger partial charge is 0.263 e. The van der Waals surface area contributed by atoms with E-state index in [0.29, 0.717) is 30.4 Å². The third kappa shape index (κ3) is 4.78. The van der Waals surface area contributed by atoms with E-state index < -0.39 is 0 Å². The first-order valence-electron chi connectivity index (χ1n) is 6.97. The number of rotatable bonds is 8. The predicted octanol–water partition coefficient (Wildman–Crippen LogP) is 2.19. The van der Waals surface area contributed by atoms with E-state index in [-0.39, 0.29) is 5.91 Å². The largest absolute Gasteiger partial charge is 0.485 e. The maximum Gasteiger partial charge on any atom is 0.263 e. The molecular formula is C15H19N3O3S. The van der Waals surface area contributed by atoms with E-state index in [4.69, 9.17) is 9.47 Å². The van der Waals surface area contributed by atoms with Crippen molar-refractivity contribution in [2.24, 2.45) is 0 Å². The second kappa shape index (κ2) is 8.45. The number of hydrogen-bond donors (Lipinski definition) is 1. The van der Waals surface area contributed by atoms with Crippen LogP contribution in [0.5, 0.6) is 5.75 Å². The number of aromatic nitrogens is 2. The summed E-state index contributed by atoms with van der Waals surface area (Å²) in [6, 6.07) is 3.64. The van der Waals surface area contributed by atoms with Crippen molar-refractivity contribution in [1.29, 1.82) is 0 Å². The van der Waals surface area contributed by atoms with Crippen LogP contribution in [-0.4, -0.2) is 36.1 Å². The molecule has 2 aromatic heterocycles. The molecule has 0 atom stereocenters. The molecule has 118 valence electrons. The Morgan fingerprint density at radius 3 is 3.05 bits per heavy atom. The predicted molar refractivity (Wildman–Crippen MR) is 84.2 cm³/mol. The van der Waals surface area contributed by atoms with E-state index in [1.807, 2.05) is 13.0 Å². The van der Waals surface area contributed by atoms with E-state index in [1.165, 1.54) is 11.3 Å². The lowest BCUT2D eigenvalue weighted by molar-refractivity contribution is 0.0952.